The molecule has 0 bridgehead atoms. The highest BCUT2D eigenvalue weighted by Crippen LogP contribution is 2.25. The van der Waals surface area contributed by atoms with Crippen molar-refractivity contribution < 1.29 is 9.53 Å². The molecule has 1 atom stereocenters. The summed E-state index contributed by atoms with van der Waals surface area (Å²) in [5, 5.41) is 2.83. The fourth-order valence-electron chi connectivity index (χ4n) is 2.42. The van der Waals surface area contributed by atoms with Gasteiger partial charge in [-0.1, -0.05) is 6.07 Å². The van der Waals surface area contributed by atoms with Crippen LogP contribution in [0.15, 0.2) is 29.8 Å². The summed E-state index contributed by atoms with van der Waals surface area (Å²) in [5.74, 6) is 0.00431. The molecule has 2 heterocycles. The van der Waals surface area contributed by atoms with Crippen molar-refractivity contribution in [2.45, 2.75) is 13.0 Å². The molecule has 21 heavy (non-hydrogen) atoms. The van der Waals surface area contributed by atoms with Crippen molar-refractivity contribution in [3.8, 4) is 0 Å². The molecular formula is C15H17N3O2S. The third-order valence-corrected chi connectivity index (χ3v) is 4.44. The molecule has 3 rings (SSSR count). The first-order chi connectivity index (χ1) is 10.1. The van der Waals surface area contributed by atoms with Crippen LogP contribution < -0.4 is 5.73 Å². The van der Waals surface area contributed by atoms with Gasteiger partial charge in [-0.25, -0.2) is 4.98 Å². The molecule has 1 unspecified atom stereocenters. The summed E-state index contributed by atoms with van der Waals surface area (Å²) in [6.45, 7) is 3.57. The minimum absolute atomic E-state index is 0.00431. The van der Waals surface area contributed by atoms with Gasteiger partial charge in [0.2, 0.25) is 0 Å². The zero-order chi connectivity index (χ0) is 14.8. The topological polar surface area (TPSA) is 68.5 Å². The van der Waals surface area contributed by atoms with Gasteiger partial charge in [0, 0.05) is 29.4 Å². The third kappa shape index (κ3) is 2.91. The minimum Gasteiger partial charge on any atom is -0.399 e. The molecule has 2 aromatic rings. The Hall–Kier alpha value is -1.92. The molecule has 1 aliphatic heterocycles. The molecule has 6 heteroatoms. The van der Waals surface area contributed by atoms with E-state index in [4.69, 9.17) is 10.5 Å². The summed E-state index contributed by atoms with van der Waals surface area (Å²) in [6.07, 6.45) is 1.62. The number of nitrogens with zero attached hydrogens (tertiary/aromatic N) is 2. The maximum absolute atomic E-state index is 12.7. The first-order valence-electron chi connectivity index (χ1n) is 6.81. The number of nitrogens with two attached hydrogens (primary N) is 1. The van der Waals surface area contributed by atoms with E-state index >= 15 is 0 Å². The van der Waals surface area contributed by atoms with Crippen molar-refractivity contribution in [3.05, 3.63) is 45.9 Å². The van der Waals surface area contributed by atoms with Crippen molar-refractivity contribution in [1.82, 2.24) is 9.88 Å². The number of amides is 1. The Labute approximate surface area is 127 Å². The summed E-state index contributed by atoms with van der Waals surface area (Å²) >= 11 is 1.55. The first-order valence-corrected chi connectivity index (χ1v) is 7.69. The predicted molar refractivity (Wildman–Crippen MR) is 82.3 cm³/mol. The van der Waals surface area contributed by atoms with Gasteiger partial charge < -0.3 is 15.4 Å². The molecule has 1 aromatic carbocycles. The van der Waals surface area contributed by atoms with Gasteiger partial charge in [-0.15, -0.1) is 11.3 Å². The van der Waals surface area contributed by atoms with E-state index in [2.05, 4.69) is 4.98 Å². The summed E-state index contributed by atoms with van der Waals surface area (Å²) in [4.78, 5) is 18.8. The zero-order valence-corrected chi connectivity index (χ0v) is 12.6. The van der Waals surface area contributed by atoms with Crippen LogP contribution in [0.2, 0.25) is 0 Å². The van der Waals surface area contributed by atoms with E-state index in [-0.39, 0.29) is 12.0 Å². The Morgan fingerprint density at radius 3 is 3.14 bits per heavy atom. The lowest BCUT2D eigenvalue weighted by Gasteiger charge is -2.32. The largest absolute Gasteiger partial charge is 0.399 e. The number of carbonyl (C=O) groups excluding carboxylic acids is 1. The molecule has 2 N–H and O–H groups in total. The van der Waals surface area contributed by atoms with Crippen molar-refractivity contribution in [2.75, 3.05) is 25.4 Å². The second-order valence-corrected chi connectivity index (χ2v) is 5.98. The maximum atomic E-state index is 12.7. The number of aromatic nitrogens is 1. The van der Waals surface area contributed by atoms with Crippen molar-refractivity contribution in [1.29, 1.82) is 0 Å². The predicted octanol–water partition coefficient (Wildman–Crippen LogP) is 2.25. The number of benzene rings is 1. The van der Waals surface area contributed by atoms with Crippen LogP contribution in [0, 0.1) is 6.92 Å². The second kappa shape index (κ2) is 5.83. The van der Waals surface area contributed by atoms with Crippen LogP contribution >= 0.6 is 11.3 Å². The average molecular weight is 303 g/mol. The average Bonchev–Trinajstić information content (AvgIpc) is 3.03. The number of hydrogen-bond acceptors (Lipinski definition) is 5. The van der Waals surface area contributed by atoms with Gasteiger partial charge in [0.25, 0.3) is 5.91 Å². The normalized spacial score (nSPS) is 18.7. The summed E-state index contributed by atoms with van der Waals surface area (Å²) in [6, 6.07) is 5.43. The monoisotopic (exact) mass is 303 g/mol. The zero-order valence-electron chi connectivity index (χ0n) is 11.8. The van der Waals surface area contributed by atoms with Crippen LogP contribution in [0.4, 0.5) is 5.69 Å². The summed E-state index contributed by atoms with van der Waals surface area (Å²) in [5.41, 5.74) is 8.00. The molecule has 1 amide bonds. The van der Waals surface area contributed by atoms with E-state index in [1.807, 2.05) is 29.3 Å². The molecule has 1 aliphatic rings. The molecule has 110 valence electrons. The van der Waals surface area contributed by atoms with Gasteiger partial charge in [0.1, 0.15) is 11.1 Å². The van der Waals surface area contributed by atoms with E-state index in [1.54, 1.807) is 23.6 Å². The van der Waals surface area contributed by atoms with Crippen molar-refractivity contribution in [3.63, 3.8) is 0 Å². The number of hydrogen-bond donors (Lipinski definition) is 1. The second-order valence-electron chi connectivity index (χ2n) is 5.06. The van der Waals surface area contributed by atoms with Crippen LogP contribution in [0.3, 0.4) is 0 Å². The molecule has 0 spiro atoms. The molecule has 1 aromatic heterocycles. The van der Waals surface area contributed by atoms with Gasteiger partial charge in [0.05, 0.1) is 13.2 Å². The van der Waals surface area contributed by atoms with Gasteiger partial charge in [-0.05, 0) is 24.6 Å². The van der Waals surface area contributed by atoms with Crippen LogP contribution in [0.5, 0.6) is 0 Å². The highest BCUT2D eigenvalue weighted by Gasteiger charge is 2.28. The minimum atomic E-state index is -0.135. The van der Waals surface area contributed by atoms with E-state index in [0.29, 0.717) is 30.9 Å². The van der Waals surface area contributed by atoms with Gasteiger partial charge in [-0.2, -0.15) is 0 Å². The van der Waals surface area contributed by atoms with Gasteiger partial charge >= 0.3 is 0 Å². The van der Waals surface area contributed by atoms with Crippen LogP contribution in [0.25, 0.3) is 0 Å². The van der Waals surface area contributed by atoms with Crippen molar-refractivity contribution in [2.24, 2.45) is 0 Å². The Balaban J connectivity index is 1.79. The van der Waals surface area contributed by atoms with E-state index in [9.17, 15) is 4.79 Å². The summed E-state index contributed by atoms with van der Waals surface area (Å²) in [7, 11) is 0. The Morgan fingerprint density at radius 1 is 1.52 bits per heavy atom. The molecule has 0 aliphatic carbocycles. The van der Waals surface area contributed by atoms with Gasteiger partial charge in [-0.3, -0.25) is 4.79 Å². The molecule has 1 fully saturated rings. The number of thiazole rings is 1. The number of rotatable bonds is 2. The maximum Gasteiger partial charge on any atom is 0.254 e. The standard InChI is InChI=1S/C15H17N3O2S/c1-10-2-3-11(16)8-12(10)15(19)18-5-6-20-13(9-18)14-17-4-7-21-14/h2-4,7-8,13H,5-6,9,16H2,1H3. The summed E-state index contributed by atoms with van der Waals surface area (Å²) < 4.78 is 5.72. The number of nitrogen functional groups attached to an aromatic ring is 1. The van der Waals surface area contributed by atoms with Crippen LogP contribution in [0.1, 0.15) is 27.0 Å². The number of ether oxygens (including phenoxy) is 1. The molecular weight excluding hydrogens is 286 g/mol. The molecule has 1 saturated heterocycles. The SMILES string of the molecule is Cc1ccc(N)cc1C(=O)N1CCOC(c2nccs2)C1. The lowest BCUT2D eigenvalue weighted by molar-refractivity contribution is -0.0229. The fraction of sp³-hybridized carbons (Fsp3) is 0.333. The Morgan fingerprint density at radius 2 is 2.38 bits per heavy atom. The van der Waals surface area contributed by atoms with E-state index in [1.165, 1.54) is 0 Å². The lowest BCUT2D eigenvalue weighted by Crippen LogP contribution is -2.42. The van der Waals surface area contributed by atoms with E-state index < -0.39 is 0 Å². The van der Waals surface area contributed by atoms with Gasteiger partial charge in [0.15, 0.2) is 0 Å². The van der Waals surface area contributed by atoms with Crippen LogP contribution in [-0.4, -0.2) is 35.5 Å². The molecule has 5 nitrogen and oxygen atoms in total. The third-order valence-electron chi connectivity index (χ3n) is 3.57. The Bertz CT molecular complexity index is 642. The van der Waals surface area contributed by atoms with E-state index in [0.717, 1.165) is 10.6 Å². The van der Waals surface area contributed by atoms with Crippen molar-refractivity contribution >= 4 is 22.9 Å². The Kier molecular flexibility index (Phi) is 3.90. The molecule has 0 saturated carbocycles. The number of aryl methyl sites for hydroxylation is 1. The number of carbonyl (C=O) groups is 1. The molecule has 0 radical (unpaired) electrons. The van der Waals surface area contributed by atoms with Crippen LogP contribution in [-0.2, 0) is 4.74 Å². The quantitative estimate of drug-likeness (QED) is 0.864. The smallest absolute Gasteiger partial charge is 0.254 e. The number of anilines is 1. The highest BCUT2D eigenvalue weighted by atomic mass is 32.1. The fourth-order valence-corrected chi connectivity index (χ4v) is 3.09. The first kappa shape index (κ1) is 14.0. The lowest BCUT2D eigenvalue weighted by atomic mass is 10.1. The highest BCUT2D eigenvalue weighted by molar-refractivity contribution is 7.09. The number of morpholine rings is 1.